The molecule has 0 unspecified atom stereocenters. The van der Waals surface area contributed by atoms with Crippen LogP contribution in [0.2, 0.25) is 0 Å². The number of amides is 1. The summed E-state index contributed by atoms with van der Waals surface area (Å²) in [6.45, 7) is 6.55. The van der Waals surface area contributed by atoms with Crippen LogP contribution in [0.15, 0.2) is 54.6 Å². The molecule has 0 radical (unpaired) electrons. The maximum Gasteiger partial charge on any atom is 0.410 e. The van der Waals surface area contributed by atoms with Gasteiger partial charge in [-0.25, -0.2) is 4.79 Å². The molecule has 0 aromatic heterocycles. The van der Waals surface area contributed by atoms with Crippen molar-refractivity contribution < 1.29 is 14.5 Å². The van der Waals surface area contributed by atoms with Crippen LogP contribution in [-0.2, 0) is 11.3 Å². The number of nitro groups is 1. The summed E-state index contributed by atoms with van der Waals surface area (Å²) in [6.07, 6.45) is -0.421. The Bertz CT molecular complexity index is 772. The van der Waals surface area contributed by atoms with Gasteiger partial charge < -0.3 is 15.0 Å². The average molecular weight is 371 g/mol. The summed E-state index contributed by atoms with van der Waals surface area (Å²) < 4.78 is 5.49. The number of hydrogen-bond acceptors (Lipinski definition) is 5. The Labute approximate surface area is 159 Å². The first-order valence-corrected chi connectivity index (χ1v) is 8.75. The molecule has 27 heavy (non-hydrogen) atoms. The third kappa shape index (κ3) is 6.62. The van der Waals surface area contributed by atoms with E-state index in [-0.39, 0.29) is 5.69 Å². The number of hydrogen-bond donors (Lipinski definition) is 1. The molecular weight excluding hydrogens is 346 g/mol. The first-order chi connectivity index (χ1) is 12.8. The number of anilines is 1. The highest BCUT2D eigenvalue weighted by atomic mass is 16.6. The second-order valence-electron chi connectivity index (χ2n) is 7.09. The van der Waals surface area contributed by atoms with Gasteiger partial charge in [-0.15, -0.1) is 0 Å². The van der Waals surface area contributed by atoms with Gasteiger partial charge >= 0.3 is 6.09 Å². The lowest BCUT2D eigenvalue weighted by Gasteiger charge is -2.27. The normalized spacial score (nSPS) is 10.9. The maximum atomic E-state index is 12.5. The van der Waals surface area contributed by atoms with Gasteiger partial charge in [-0.2, -0.15) is 0 Å². The first-order valence-electron chi connectivity index (χ1n) is 8.75. The number of rotatable bonds is 7. The van der Waals surface area contributed by atoms with Gasteiger partial charge in [0.25, 0.3) is 5.69 Å². The molecule has 2 rings (SSSR count). The summed E-state index contributed by atoms with van der Waals surface area (Å²) >= 11 is 0. The van der Waals surface area contributed by atoms with Crippen molar-refractivity contribution in [2.45, 2.75) is 32.9 Å². The molecule has 0 aliphatic rings. The van der Waals surface area contributed by atoms with Crippen molar-refractivity contribution in [3.8, 4) is 0 Å². The van der Waals surface area contributed by atoms with Crippen LogP contribution < -0.4 is 5.32 Å². The van der Waals surface area contributed by atoms with E-state index in [1.807, 2.05) is 51.1 Å². The lowest BCUT2D eigenvalue weighted by Crippen LogP contribution is -2.39. The molecular formula is C20H25N3O4. The lowest BCUT2D eigenvalue weighted by atomic mass is 10.2. The van der Waals surface area contributed by atoms with Gasteiger partial charge in [-0.05, 0) is 32.4 Å². The first kappa shape index (κ1) is 20.2. The van der Waals surface area contributed by atoms with E-state index in [0.29, 0.717) is 25.3 Å². The van der Waals surface area contributed by atoms with E-state index >= 15 is 0 Å². The number of nitro benzene ring substituents is 1. The molecule has 0 spiro atoms. The van der Waals surface area contributed by atoms with Gasteiger partial charge in [0.1, 0.15) is 11.3 Å². The molecule has 1 N–H and O–H groups in total. The number of carbonyl (C=O) groups is 1. The highest BCUT2D eigenvalue weighted by molar-refractivity contribution is 5.68. The largest absolute Gasteiger partial charge is 0.444 e. The fraction of sp³-hybridized carbons (Fsp3) is 0.350. The van der Waals surface area contributed by atoms with Crippen molar-refractivity contribution in [1.29, 1.82) is 0 Å². The van der Waals surface area contributed by atoms with Gasteiger partial charge in [0.2, 0.25) is 0 Å². The van der Waals surface area contributed by atoms with Crippen LogP contribution >= 0.6 is 0 Å². The lowest BCUT2D eigenvalue weighted by molar-refractivity contribution is -0.384. The summed E-state index contributed by atoms with van der Waals surface area (Å²) in [7, 11) is 0. The molecule has 0 bridgehead atoms. The Kier molecular flexibility index (Phi) is 6.76. The number of para-hydroxylation sites is 2. The van der Waals surface area contributed by atoms with Gasteiger partial charge in [0, 0.05) is 25.7 Å². The average Bonchev–Trinajstić information content (AvgIpc) is 2.60. The zero-order valence-electron chi connectivity index (χ0n) is 15.8. The van der Waals surface area contributed by atoms with Crippen LogP contribution in [0, 0.1) is 10.1 Å². The number of nitrogens with one attached hydrogen (secondary N) is 1. The third-order valence-corrected chi connectivity index (χ3v) is 3.67. The van der Waals surface area contributed by atoms with Crippen LogP contribution in [0.5, 0.6) is 0 Å². The Morgan fingerprint density at radius 1 is 1.11 bits per heavy atom. The minimum atomic E-state index is -0.600. The van der Waals surface area contributed by atoms with E-state index in [0.717, 1.165) is 5.56 Å². The van der Waals surface area contributed by atoms with Crippen molar-refractivity contribution in [2.24, 2.45) is 0 Å². The van der Waals surface area contributed by atoms with E-state index in [2.05, 4.69) is 5.32 Å². The van der Waals surface area contributed by atoms with Gasteiger partial charge in [0.05, 0.1) is 4.92 Å². The molecule has 0 aliphatic heterocycles. The van der Waals surface area contributed by atoms with Crippen molar-refractivity contribution in [1.82, 2.24) is 4.90 Å². The highest BCUT2D eigenvalue weighted by Crippen LogP contribution is 2.23. The topological polar surface area (TPSA) is 84.7 Å². The van der Waals surface area contributed by atoms with Crippen molar-refractivity contribution in [2.75, 3.05) is 18.4 Å². The second kappa shape index (κ2) is 9.02. The fourth-order valence-electron chi connectivity index (χ4n) is 2.47. The smallest absolute Gasteiger partial charge is 0.410 e. The molecule has 0 saturated carbocycles. The number of benzene rings is 2. The molecule has 0 fully saturated rings. The minimum absolute atomic E-state index is 0.00405. The summed E-state index contributed by atoms with van der Waals surface area (Å²) in [6, 6.07) is 16.0. The van der Waals surface area contributed by atoms with Crippen molar-refractivity contribution >= 4 is 17.5 Å². The monoisotopic (exact) mass is 371 g/mol. The third-order valence-electron chi connectivity index (χ3n) is 3.67. The molecule has 144 valence electrons. The van der Waals surface area contributed by atoms with E-state index < -0.39 is 16.6 Å². The Balaban J connectivity index is 2.05. The number of nitrogens with zero attached hydrogens (tertiary/aromatic N) is 2. The quantitative estimate of drug-likeness (QED) is 0.574. The molecule has 7 nitrogen and oxygen atoms in total. The SMILES string of the molecule is CC(C)(C)OC(=O)N(CCNc1ccccc1[N+](=O)[O-])Cc1ccccc1. The molecule has 0 atom stereocenters. The van der Waals surface area contributed by atoms with Crippen LogP contribution in [0.4, 0.5) is 16.2 Å². The predicted octanol–water partition coefficient (Wildman–Crippen LogP) is 4.44. The summed E-state index contributed by atoms with van der Waals surface area (Å²) in [5.74, 6) is 0. The molecule has 7 heteroatoms. The summed E-state index contributed by atoms with van der Waals surface area (Å²) in [5, 5.41) is 14.1. The van der Waals surface area contributed by atoms with Gasteiger partial charge in [-0.1, -0.05) is 42.5 Å². The van der Waals surface area contributed by atoms with Gasteiger partial charge in [0.15, 0.2) is 0 Å². The molecule has 2 aromatic rings. The fourth-order valence-corrected chi connectivity index (χ4v) is 2.47. The van der Waals surface area contributed by atoms with Crippen LogP contribution in [0.1, 0.15) is 26.3 Å². The minimum Gasteiger partial charge on any atom is -0.444 e. The summed E-state index contributed by atoms with van der Waals surface area (Å²) in [5.41, 5.74) is 0.808. The maximum absolute atomic E-state index is 12.5. The Hall–Kier alpha value is -3.09. The second-order valence-corrected chi connectivity index (χ2v) is 7.09. The van der Waals surface area contributed by atoms with Crippen molar-refractivity contribution in [3.05, 3.63) is 70.3 Å². The van der Waals surface area contributed by atoms with Crippen LogP contribution in [0.25, 0.3) is 0 Å². The molecule has 2 aromatic carbocycles. The number of ether oxygens (including phenoxy) is 1. The Morgan fingerprint density at radius 2 is 1.74 bits per heavy atom. The van der Waals surface area contributed by atoms with E-state index in [4.69, 9.17) is 4.74 Å². The van der Waals surface area contributed by atoms with Crippen LogP contribution in [0.3, 0.4) is 0 Å². The Morgan fingerprint density at radius 3 is 2.37 bits per heavy atom. The van der Waals surface area contributed by atoms with E-state index in [1.54, 1.807) is 23.1 Å². The molecule has 0 aliphatic carbocycles. The van der Waals surface area contributed by atoms with Gasteiger partial charge in [-0.3, -0.25) is 10.1 Å². The molecule has 1 amide bonds. The van der Waals surface area contributed by atoms with Crippen molar-refractivity contribution in [3.63, 3.8) is 0 Å². The van der Waals surface area contributed by atoms with E-state index in [1.165, 1.54) is 6.07 Å². The predicted molar refractivity (Wildman–Crippen MR) is 105 cm³/mol. The highest BCUT2D eigenvalue weighted by Gasteiger charge is 2.22. The summed E-state index contributed by atoms with van der Waals surface area (Å²) in [4.78, 5) is 24.8. The van der Waals surface area contributed by atoms with Crippen LogP contribution in [-0.4, -0.2) is 34.6 Å². The zero-order valence-corrected chi connectivity index (χ0v) is 15.8. The number of carbonyl (C=O) groups excluding carboxylic acids is 1. The standard InChI is InChI=1S/C20H25N3O4/c1-20(2,3)27-19(24)22(15-16-9-5-4-6-10-16)14-13-21-17-11-7-8-12-18(17)23(25)26/h4-12,21H,13-15H2,1-3H3. The molecule has 0 heterocycles. The zero-order chi connectivity index (χ0) is 19.9. The molecule has 0 saturated heterocycles. The van der Waals surface area contributed by atoms with E-state index in [9.17, 15) is 14.9 Å².